The van der Waals surface area contributed by atoms with Crippen LogP contribution in [0.5, 0.6) is 0 Å². The summed E-state index contributed by atoms with van der Waals surface area (Å²) in [7, 11) is 0. The zero-order valence-electron chi connectivity index (χ0n) is 18.7. The first kappa shape index (κ1) is 21.0. The van der Waals surface area contributed by atoms with E-state index in [1.165, 1.54) is 0 Å². The van der Waals surface area contributed by atoms with Crippen molar-refractivity contribution in [1.82, 2.24) is 14.5 Å². The average molecular weight is 443 g/mol. The Bertz CT molecular complexity index is 1230. The second-order valence-electron chi connectivity index (χ2n) is 8.48. The number of fused-ring (bicyclic) bond motifs is 3. The number of anilines is 2. The number of nitrogens with zero attached hydrogens (tertiary/aromatic N) is 7. The van der Waals surface area contributed by atoms with Crippen molar-refractivity contribution in [3.63, 3.8) is 0 Å². The molecule has 0 saturated carbocycles. The van der Waals surface area contributed by atoms with Crippen LogP contribution in [0, 0.1) is 23.2 Å². The molecule has 1 aromatic carbocycles. The molecule has 2 aromatic rings. The minimum atomic E-state index is -0.151. The first-order valence-corrected chi connectivity index (χ1v) is 11.2. The van der Waals surface area contributed by atoms with Gasteiger partial charge in [0.15, 0.2) is 11.5 Å². The van der Waals surface area contributed by atoms with Crippen LogP contribution in [-0.4, -0.2) is 58.5 Å². The number of rotatable bonds is 4. The van der Waals surface area contributed by atoms with Crippen LogP contribution in [0.3, 0.4) is 0 Å². The summed E-state index contributed by atoms with van der Waals surface area (Å²) in [6.07, 6.45) is 1.98. The van der Waals surface area contributed by atoms with Crippen LogP contribution in [0.25, 0.3) is 0 Å². The average Bonchev–Trinajstić information content (AvgIpc) is 3.46. The predicted octanol–water partition coefficient (Wildman–Crippen LogP) is 1.54. The predicted molar refractivity (Wildman–Crippen MR) is 126 cm³/mol. The Morgan fingerprint density at radius 2 is 2.18 bits per heavy atom. The van der Waals surface area contributed by atoms with Crippen LogP contribution in [0.2, 0.25) is 0 Å². The lowest BCUT2D eigenvalue weighted by molar-refractivity contribution is 0.0823. The number of nitrogens with two attached hydrogens (primary N) is 1. The number of imidazole rings is 1. The molecule has 5 rings (SSSR count). The Balaban J connectivity index is 1.58. The number of hydrogen-bond acceptors (Lipinski definition) is 7. The first-order chi connectivity index (χ1) is 16.1. The molecule has 1 fully saturated rings. The molecule has 1 aromatic heterocycles. The van der Waals surface area contributed by atoms with Crippen molar-refractivity contribution >= 4 is 23.6 Å². The summed E-state index contributed by atoms with van der Waals surface area (Å²) in [6, 6.07) is 9.57. The lowest BCUT2D eigenvalue weighted by Crippen LogP contribution is -2.50. The van der Waals surface area contributed by atoms with E-state index >= 15 is 0 Å². The van der Waals surface area contributed by atoms with Crippen LogP contribution in [-0.2, 0) is 13.1 Å². The summed E-state index contributed by atoms with van der Waals surface area (Å²) < 4.78 is 1.93. The molecule has 168 valence electrons. The lowest BCUT2D eigenvalue weighted by atomic mass is 10.1. The van der Waals surface area contributed by atoms with E-state index in [4.69, 9.17) is 10.7 Å². The molecule has 3 aliphatic heterocycles. The smallest absolute Gasteiger partial charge is 0.281 e. The first-order valence-electron chi connectivity index (χ1n) is 11.2. The third-order valence-corrected chi connectivity index (χ3v) is 6.24. The SMILES string of the molecule is CC#CCn1c(N2CCCC(N)C2)nc2c1C(=O)N(Cc1cccc(C#N)c1)C1=NCCN12. The molecule has 1 saturated heterocycles. The fourth-order valence-corrected chi connectivity index (χ4v) is 4.72. The summed E-state index contributed by atoms with van der Waals surface area (Å²) in [5.41, 5.74) is 8.22. The van der Waals surface area contributed by atoms with Crippen molar-refractivity contribution in [1.29, 1.82) is 5.26 Å². The number of hydrogen-bond donors (Lipinski definition) is 1. The number of guanidine groups is 1. The maximum absolute atomic E-state index is 13.9. The molecule has 2 N–H and O–H groups in total. The van der Waals surface area contributed by atoms with E-state index in [0.29, 0.717) is 55.8 Å². The van der Waals surface area contributed by atoms with Crippen molar-refractivity contribution in [2.24, 2.45) is 10.7 Å². The van der Waals surface area contributed by atoms with Crippen LogP contribution in [0.15, 0.2) is 29.3 Å². The quantitative estimate of drug-likeness (QED) is 0.720. The van der Waals surface area contributed by atoms with Gasteiger partial charge in [0.1, 0.15) is 0 Å². The van der Waals surface area contributed by atoms with E-state index in [0.717, 1.165) is 30.9 Å². The Morgan fingerprint density at radius 1 is 1.30 bits per heavy atom. The van der Waals surface area contributed by atoms with Crippen molar-refractivity contribution in [3.05, 3.63) is 41.1 Å². The highest BCUT2D eigenvalue weighted by Gasteiger charge is 2.42. The summed E-state index contributed by atoms with van der Waals surface area (Å²) in [5, 5.41) is 9.26. The maximum atomic E-state index is 13.9. The van der Waals surface area contributed by atoms with Gasteiger partial charge in [-0.25, -0.2) is 0 Å². The van der Waals surface area contributed by atoms with Crippen LogP contribution < -0.4 is 15.5 Å². The summed E-state index contributed by atoms with van der Waals surface area (Å²) in [4.78, 5) is 29.3. The lowest BCUT2D eigenvalue weighted by Gasteiger charge is -2.33. The molecule has 4 heterocycles. The fraction of sp³-hybridized carbons (Fsp3) is 0.417. The molecular formula is C24H26N8O. The van der Waals surface area contributed by atoms with Gasteiger partial charge < -0.3 is 10.6 Å². The molecule has 0 bridgehead atoms. The minimum absolute atomic E-state index is 0.0849. The van der Waals surface area contributed by atoms with Gasteiger partial charge in [0, 0.05) is 25.7 Å². The van der Waals surface area contributed by atoms with Crippen molar-refractivity contribution in [2.75, 3.05) is 36.0 Å². The molecule has 33 heavy (non-hydrogen) atoms. The molecule has 1 amide bonds. The third-order valence-electron chi connectivity index (χ3n) is 6.24. The standard InChI is InChI=1S/C24H26N8O/c1-2-3-11-30-20-21(28-24(30)29-10-5-8-19(26)16-29)31-12-9-27-23(31)32(22(20)33)15-18-7-4-6-17(13-18)14-25/h4,6-7,13,19H,5,8-12,15-16,26H2,1H3. The van der Waals surface area contributed by atoms with Gasteiger partial charge in [-0.15, -0.1) is 5.92 Å². The number of aliphatic imine (C=N–C) groups is 1. The van der Waals surface area contributed by atoms with Gasteiger partial charge in [-0.3, -0.25) is 24.2 Å². The van der Waals surface area contributed by atoms with E-state index in [9.17, 15) is 10.1 Å². The molecule has 0 spiro atoms. The highest BCUT2D eigenvalue weighted by atomic mass is 16.2. The highest BCUT2D eigenvalue weighted by Crippen LogP contribution is 2.35. The van der Waals surface area contributed by atoms with Gasteiger partial charge in [0.2, 0.25) is 11.9 Å². The van der Waals surface area contributed by atoms with Gasteiger partial charge in [0.25, 0.3) is 5.91 Å². The number of nitriles is 1. The highest BCUT2D eigenvalue weighted by molar-refractivity contribution is 6.18. The van der Waals surface area contributed by atoms with Crippen LogP contribution >= 0.6 is 0 Å². The largest absolute Gasteiger partial charge is 0.341 e. The van der Waals surface area contributed by atoms with E-state index in [-0.39, 0.29) is 11.9 Å². The van der Waals surface area contributed by atoms with Crippen molar-refractivity contribution < 1.29 is 4.79 Å². The topological polar surface area (TPSA) is 107 Å². The van der Waals surface area contributed by atoms with Crippen molar-refractivity contribution in [2.45, 2.75) is 38.9 Å². The second kappa shape index (κ2) is 8.61. The monoisotopic (exact) mass is 442 g/mol. The number of piperidine rings is 1. The third kappa shape index (κ3) is 3.71. The van der Waals surface area contributed by atoms with Gasteiger partial charge in [-0.2, -0.15) is 10.2 Å². The maximum Gasteiger partial charge on any atom is 0.281 e. The van der Waals surface area contributed by atoms with E-state index < -0.39 is 0 Å². The molecule has 3 aliphatic rings. The Kier molecular flexibility index (Phi) is 5.49. The Hall–Kier alpha value is -3.82. The molecular weight excluding hydrogens is 416 g/mol. The Labute approximate surface area is 193 Å². The summed E-state index contributed by atoms with van der Waals surface area (Å²) >= 11 is 0. The summed E-state index contributed by atoms with van der Waals surface area (Å²) in [6.45, 7) is 5.32. The van der Waals surface area contributed by atoms with E-state index in [1.807, 2.05) is 27.7 Å². The molecule has 0 radical (unpaired) electrons. The zero-order chi connectivity index (χ0) is 22.9. The van der Waals surface area contributed by atoms with Gasteiger partial charge in [-0.05, 0) is 37.5 Å². The van der Waals surface area contributed by atoms with Gasteiger partial charge >= 0.3 is 0 Å². The molecule has 9 heteroatoms. The minimum Gasteiger partial charge on any atom is -0.341 e. The number of benzene rings is 1. The normalized spacial score (nSPS) is 19.4. The zero-order valence-corrected chi connectivity index (χ0v) is 18.7. The molecule has 0 aliphatic carbocycles. The molecule has 1 atom stereocenters. The second-order valence-corrected chi connectivity index (χ2v) is 8.48. The molecule has 9 nitrogen and oxygen atoms in total. The van der Waals surface area contributed by atoms with E-state index in [2.05, 4.69) is 27.8 Å². The Morgan fingerprint density at radius 3 is 2.97 bits per heavy atom. The molecule has 1 unspecified atom stereocenters. The fourth-order valence-electron chi connectivity index (χ4n) is 4.72. The van der Waals surface area contributed by atoms with Crippen molar-refractivity contribution in [3.8, 4) is 17.9 Å². The summed E-state index contributed by atoms with van der Waals surface area (Å²) in [5.74, 6) is 7.90. The van der Waals surface area contributed by atoms with Crippen LogP contribution in [0.1, 0.15) is 41.4 Å². The number of aromatic nitrogens is 2. The van der Waals surface area contributed by atoms with Crippen LogP contribution in [0.4, 0.5) is 11.8 Å². The number of carbonyl (C=O) groups is 1. The van der Waals surface area contributed by atoms with Gasteiger partial charge in [0.05, 0.1) is 31.3 Å². The number of carbonyl (C=O) groups excluding carboxylic acids is 1. The van der Waals surface area contributed by atoms with Gasteiger partial charge in [-0.1, -0.05) is 18.1 Å². The number of amides is 1. The van der Waals surface area contributed by atoms with E-state index in [1.54, 1.807) is 17.9 Å².